The molecule has 1 saturated heterocycles. The fourth-order valence-electron chi connectivity index (χ4n) is 7.96. The van der Waals surface area contributed by atoms with Crippen LogP contribution >= 0.6 is 11.1 Å². The predicted octanol–water partition coefficient (Wildman–Crippen LogP) is 16.4. The Morgan fingerprint density at radius 2 is 0.704 bits per heavy atom. The molecule has 7 heteroatoms. The van der Waals surface area contributed by atoms with Gasteiger partial charge in [0.15, 0.2) is 0 Å². The third-order valence-corrected chi connectivity index (χ3v) is 13.6. The van der Waals surface area contributed by atoms with Crippen molar-refractivity contribution in [1.82, 2.24) is 0 Å². The Balaban J connectivity index is 0.000000241. The van der Waals surface area contributed by atoms with E-state index in [0.717, 1.165) is 37.4 Å². The van der Waals surface area contributed by atoms with E-state index in [-0.39, 0.29) is 18.9 Å². The monoisotopic (exact) mass is 987 g/mol. The van der Waals surface area contributed by atoms with Crippen molar-refractivity contribution in [1.29, 1.82) is 0 Å². The molecule has 0 radical (unpaired) electrons. The van der Waals surface area contributed by atoms with Crippen LogP contribution in [0.3, 0.4) is 0 Å². The molecule has 8 aromatic carbocycles. The molecule has 0 N–H and O–H groups in total. The van der Waals surface area contributed by atoms with Crippen LogP contribution in [-0.2, 0) is 11.2 Å². The number of benzene rings is 8. The molecule has 0 aromatic heterocycles. The molecule has 1 heterocycles. The van der Waals surface area contributed by atoms with E-state index in [1.54, 1.807) is 0 Å². The Kier molecular flexibility index (Phi) is 25.6. The normalized spacial score (nSPS) is 12.0. The van der Waals surface area contributed by atoms with Crippen molar-refractivity contribution in [2.75, 3.05) is 23.0 Å². The Morgan fingerprint density at radius 1 is 0.437 bits per heavy atom. The summed E-state index contributed by atoms with van der Waals surface area (Å²) in [6, 6.07) is 81.7. The summed E-state index contributed by atoms with van der Waals surface area (Å²) in [5, 5.41) is 0. The minimum absolute atomic E-state index is 0. The topological polar surface area (TPSA) is 15.7 Å². The maximum Gasteiger partial charge on any atom is 1.00 e. The van der Waals surface area contributed by atoms with E-state index in [0.29, 0.717) is 5.54 Å². The zero-order chi connectivity index (χ0) is 50.0. The van der Waals surface area contributed by atoms with Crippen molar-refractivity contribution < 1.29 is 23.6 Å². The molecule has 0 bridgehead atoms. The first-order valence-corrected chi connectivity index (χ1v) is 33.1. The van der Waals surface area contributed by atoms with Crippen LogP contribution in [-0.4, -0.2) is 28.7 Å². The molecule has 71 heavy (non-hydrogen) atoms. The summed E-state index contributed by atoms with van der Waals surface area (Å²) in [5.74, 6) is 0. The number of nitrogens with zero attached hydrogens (tertiary/aromatic N) is 2. The quantitative estimate of drug-likeness (QED) is 0.0689. The number of ether oxygens (including phenoxy) is 1. The molecule has 0 amide bonds. The maximum atomic E-state index is 5.67. The van der Waals surface area contributed by atoms with Crippen molar-refractivity contribution in [3.8, 4) is 0 Å². The standard InChI is InChI=1S/C28H29NSi.C25H21N.C4H8O.C4H9.C3H9ClSi.Li/c1-30(2,3)28(23-13-7-4-8-14-23)24-19-21-27(22-20-24)29(25-15-9-5-10-16-25)26-17-11-6-12-18-26;1-4-10-21(11-5-1)20-22-16-18-25(19-17-22)26(23-12-6-2-7-13-23)24-14-8-3-9-15-24;1-2-4-5-3-1;1-3-4-2;1-5(2,3)4;/h4-22,28H,1-3H3;1-19H,20H2;1-4H2;1,3-4H2,2H3;1-3H3;/q;;;-1;;+1. The fraction of sp³-hybridized carbons (Fsp3) is 0.234. The first-order chi connectivity index (χ1) is 33.9. The van der Waals surface area contributed by atoms with Crippen LogP contribution in [0.2, 0.25) is 39.3 Å². The van der Waals surface area contributed by atoms with Gasteiger partial charge in [-0.05, 0) is 114 Å². The molecule has 3 nitrogen and oxygen atoms in total. The van der Waals surface area contributed by atoms with Gasteiger partial charge in [-0.25, -0.2) is 0 Å². The Morgan fingerprint density at radius 3 is 1.00 bits per heavy atom. The number of para-hydroxylation sites is 4. The largest absolute Gasteiger partial charge is 1.00 e. The second-order valence-electron chi connectivity index (χ2n) is 19.4. The Hall–Kier alpha value is -5.36. The van der Waals surface area contributed by atoms with Crippen LogP contribution in [0.5, 0.6) is 0 Å². The first kappa shape index (κ1) is 58.2. The van der Waals surface area contributed by atoms with Crippen LogP contribution in [0.1, 0.15) is 60.4 Å². The first-order valence-electron chi connectivity index (χ1n) is 25.0. The van der Waals surface area contributed by atoms with Crippen LogP contribution in [0.15, 0.2) is 231 Å². The van der Waals surface area contributed by atoms with Gasteiger partial charge in [0.05, 0.1) is 8.07 Å². The Labute approximate surface area is 447 Å². The summed E-state index contributed by atoms with van der Waals surface area (Å²) in [4.78, 5) is 4.60. The second kappa shape index (κ2) is 31.2. The summed E-state index contributed by atoms with van der Waals surface area (Å²) >= 11 is 5.67. The Bertz CT molecular complexity index is 2480. The zero-order valence-electron chi connectivity index (χ0n) is 43.9. The molecule has 0 aliphatic carbocycles. The van der Waals surface area contributed by atoms with E-state index >= 15 is 0 Å². The molecule has 1 fully saturated rings. The van der Waals surface area contributed by atoms with Crippen LogP contribution < -0.4 is 28.7 Å². The van der Waals surface area contributed by atoms with Crippen LogP contribution in [0.25, 0.3) is 0 Å². The van der Waals surface area contributed by atoms with Crippen molar-refractivity contribution >= 4 is 60.7 Å². The molecule has 1 unspecified atom stereocenters. The van der Waals surface area contributed by atoms with Crippen molar-refractivity contribution in [2.24, 2.45) is 0 Å². The van der Waals surface area contributed by atoms with E-state index in [9.17, 15) is 0 Å². The minimum atomic E-state index is -1.45. The number of hydrogen-bond acceptors (Lipinski definition) is 3. The summed E-state index contributed by atoms with van der Waals surface area (Å²) in [7, 11) is -2.59. The average Bonchev–Trinajstić information content (AvgIpc) is 3.98. The summed E-state index contributed by atoms with van der Waals surface area (Å²) < 4.78 is 4.94. The summed E-state index contributed by atoms with van der Waals surface area (Å²) in [5.41, 5.74) is 13.0. The molecule has 0 saturated carbocycles. The number of anilines is 6. The van der Waals surface area contributed by atoms with Gasteiger partial charge in [-0.15, -0.1) is 0 Å². The van der Waals surface area contributed by atoms with Gasteiger partial charge in [-0.1, -0.05) is 210 Å². The molecule has 9 rings (SSSR count). The number of unbranched alkanes of at least 4 members (excludes halogenated alkanes) is 1. The zero-order valence-corrected chi connectivity index (χ0v) is 46.6. The molecule has 1 aliphatic heterocycles. The SMILES string of the molecule is C1CCOC1.C[Si](C)(C)C(c1ccccc1)c1ccc(N(c2ccccc2)c2ccccc2)cc1.C[Si](C)(C)Cl.[CH2-]CCC.[Li+].c1ccc(Cc2ccc(N(c3ccccc3)c3ccccc3)cc2)cc1. The van der Waals surface area contributed by atoms with Gasteiger partial charge in [0.25, 0.3) is 0 Å². The molecule has 1 atom stereocenters. The predicted molar refractivity (Wildman–Crippen MR) is 313 cm³/mol. The maximum absolute atomic E-state index is 5.67. The molecule has 1 aliphatic rings. The van der Waals surface area contributed by atoms with Gasteiger partial charge < -0.3 is 21.5 Å². The second-order valence-corrected chi connectivity index (χ2v) is 32.2. The minimum Gasteiger partial charge on any atom is -0.381 e. The van der Waals surface area contributed by atoms with Crippen LogP contribution in [0, 0.1) is 6.92 Å². The smallest absolute Gasteiger partial charge is 0.381 e. The van der Waals surface area contributed by atoms with E-state index in [1.165, 1.54) is 64.3 Å². The van der Waals surface area contributed by atoms with Gasteiger partial charge in [-0.3, -0.25) is 0 Å². The van der Waals surface area contributed by atoms with E-state index in [2.05, 4.69) is 293 Å². The van der Waals surface area contributed by atoms with Crippen molar-refractivity contribution in [3.05, 3.63) is 260 Å². The molecular weight excluding hydrogens is 911 g/mol. The number of hydrogen-bond donors (Lipinski definition) is 0. The number of halogens is 1. The molecular formula is C64H76ClLiN2OSi2. The van der Waals surface area contributed by atoms with Crippen molar-refractivity contribution in [3.63, 3.8) is 0 Å². The van der Waals surface area contributed by atoms with E-state index < -0.39 is 15.5 Å². The molecule has 8 aromatic rings. The number of rotatable bonds is 12. The van der Waals surface area contributed by atoms with E-state index in [4.69, 9.17) is 15.8 Å². The third kappa shape index (κ3) is 20.7. The summed E-state index contributed by atoms with van der Waals surface area (Å²) in [6.07, 6.45) is 5.79. The van der Waals surface area contributed by atoms with Gasteiger partial charge in [0.2, 0.25) is 0 Å². The van der Waals surface area contributed by atoms with Crippen molar-refractivity contribution in [2.45, 2.75) is 83.9 Å². The average molecular weight is 988 g/mol. The van der Waals surface area contributed by atoms with Gasteiger partial charge in [0.1, 0.15) is 7.38 Å². The fourth-order valence-corrected chi connectivity index (χ4v) is 10.3. The third-order valence-electron chi connectivity index (χ3n) is 11.2. The summed E-state index contributed by atoms with van der Waals surface area (Å²) in [6.45, 7) is 21.4. The van der Waals surface area contributed by atoms with Gasteiger partial charge in [0, 0.05) is 52.9 Å². The van der Waals surface area contributed by atoms with E-state index in [1.807, 2.05) is 0 Å². The molecule has 0 spiro atoms. The molecule has 364 valence electrons. The van der Waals surface area contributed by atoms with Crippen LogP contribution in [0.4, 0.5) is 34.1 Å². The van der Waals surface area contributed by atoms with Gasteiger partial charge >= 0.3 is 18.9 Å². The van der Waals surface area contributed by atoms with Gasteiger partial charge in [-0.2, -0.15) is 17.5 Å².